The van der Waals surface area contributed by atoms with Crippen molar-refractivity contribution in [3.05, 3.63) is 29.1 Å². The monoisotopic (exact) mass is 361 g/mol. The first-order valence-electron chi connectivity index (χ1n) is 6.83. The summed E-state index contributed by atoms with van der Waals surface area (Å²) in [5.41, 5.74) is 1.08. The zero-order chi connectivity index (χ0) is 15.0. The summed E-state index contributed by atoms with van der Waals surface area (Å²) in [5.74, 6) is 0. The van der Waals surface area contributed by atoms with Gasteiger partial charge in [0.2, 0.25) is 0 Å². The highest BCUT2D eigenvalue weighted by molar-refractivity contribution is 9.10. The number of rotatable bonds is 2. The Morgan fingerprint density at radius 1 is 1.29 bits per heavy atom. The van der Waals surface area contributed by atoms with Gasteiger partial charge in [-0.25, -0.2) is 4.98 Å². The normalized spacial score (nSPS) is 18.5. The molecule has 0 radical (unpaired) electrons. The van der Waals surface area contributed by atoms with Gasteiger partial charge in [0.25, 0.3) is 0 Å². The lowest BCUT2D eigenvalue weighted by molar-refractivity contribution is -0.148. The predicted molar refractivity (Wildman–Crippen MR) is 78.2 cm³/mol. The summed E-state index contributed by atoms with van der Waals surface area (Å²) >= 11 is 3.36. The molecule has 0 aromatic carbocycles. The van der Waals surface area contributed by atoms with Gasteiger partial charge in [0.15, 0.2) is 0 Å². The van der Waals surface area contributed by atoms with E-state index in [1.807, 2.05) is 18.3 Å². The Balaban J connectivity index is 1.72. The highest BCUT2D eigenvalue weighted by Crippen LogP contribution is 2.29. The van der Waals surface area contributed by atoms with Crippen LogP contribution in [0.5, 0.6) is 0 Å². The molecule has 0 N–H and O–H groups in total. The van der Waals surface area contributed by atoms with Crippen LogP contribution in [0.15, 0.2) is 29.1 Å². The van der Waals surface area contributed by atoms with E-state index in [4.69, 9.17) is 0 Å². The van der Waals surface area contributed by atoms with Crippen LogP contribution >= 0.6 is 15.9 Å². The molecule has 1 aliphatic rings. The van der Waals surface area contributed by atoms with E-state index in [0.29, 0.717) is 13.1 Å². The molecule has 1 fully saturated rings. The third-order valence-electron chi connectivity index (χ3n) is 3.92. The maximum absolute atomic E-state index is 12.4. The Kier molecular flexibility index (Phi) is 3.96. The van der Waals surface area contributed by atoms with Gasteiger partial charge < -0.3 is 4.57 Å². The van der Waals surface area contributed by atoms with Gasteiger partial charge in [-0.15, -0.1) is 0 Å². The number of alkyl halides is 3. The van der Waals surface area contributed by atoms with Gasteiger partial charge in [-0.3, -0.25) is 4.90 Å². The van der Waals surface area contributed by atoms with Gasteiger partial charge in [-0.2, -0.15) is 13.2 Å². The summed E-state index contributed by atoms with van der Waals surface area (Å²) < 4.78 is 40.1. The molecule has 21 heavy (non-hydrogen) atoms. The van der Waals surface area contributed by atoms with E-state index in [1.165, 1.54) is 4.90 Å². The van der Waals surface area contributed by atoms with E-state index in [1.54, 1.807) is 6.20 Å². The molecular weight excluding hydrogens is 347 g/mol. The zero-order valence-corrected chi connectivity index (χ0v) is 12.9. The van der Waals surface area contributed by atoms with Crippen molar-refractivity contribution < 1.29 is 13.2 Å². The number of hydrogen-bond donors (Lipinski definition) is 0. The number of piperidine rings is 1. The van der Waals surface area contributed by atoms with Crippen LogP contribution in [0.3, 0.4) is 0 Å². The van der Waals surface area contributed by atoms with Crippen molar-refractivity contribution in [3.63, 3.8) is 0 Å². The number of hydrogen-bond acceptors (Lipinski definition) is 2. The topological polar surface area (TPSA) is 21.1 Å². The van der Waals surface area contributed by atoms with Gasteiger partial charge >= 0.3 is 6.18 Å². The summed E-state index contributed by atoms with van der Waals surface area (Å²) in [6.07, 6.45) is 1.17. The molecule has 1 saturated heterocycles. The molecular formula is C14H15BrF3N3. The van der Waals surface area contributed by atoms with Gasteiger partial charge in [0.1, 0.15) is 4.60 Å². The van der Waals surface area contributed by atoms with Crippen LogP contribution in [-0.2, 0) is 0 Å². The first-order chi connectivity index (χ1) is 9.92. The molecule has 0 atom stereocenters. The lowest BCUT2D eigenvalue weighted by Gasteiger charge is -2.33. The SMILES string of the molecule is FC(F)(F)CN1CCC(n2ccc3cnc(Br)cc32)CC1. The van der Waals surface area contributed by atoms with Crippen LogP contribution in [0.25, 0.3) is 10.9 Å². The second kappa shape index (κ2) is 5.61. The Bertz CT molecular complexity index is 630. The molecule has 0 amide bonds. The molecule has 7 heteroatoms. The molecule has 0 spiro atoms. The van der Waals surface area contributed by atoms with Crippen LogP contribution in [0.1, 0.15) is 18.9 Å². The minimum Gasteiger partial charge on any atom is -0.344 e. The summed E-state index contributed by atoms with van der Waals surface area (Å²) in [6.45, 7) is 0.161. The summed E-state index contributed by atoms with van der Waals surface area (Å²) in [7, 11) is 0. The maximum Gasteiger partial charge on any atom is 0.401 e. The van der Waals surface area contributed by atoms with E-state index in [0.717, 1.165) is 28.3 Å². The maximum atomic E-state index is 12.4. The average molecular weight is 362 g/mol. The van der Waals surface area contributed by atoms with Crippen molar-refractivity contribution >= 4 is 26.8 Å². The first kappa shape index (κ1) is 14.8. The Hall–Kier alpha value is -1.08. The standard InChI is InChI=1S/C14H15BrF3N3/c15-13-7-12-10(8-19-13)1-6-21(12)11-2-4-20(5-3-11)9-14(16,17)18/h1,6-8,11H,2-5,9H2. The Morgan fingerprint density at radius 2 is 2.00 bits per heavy atom. The number of likely N-dealkylation sites (tertiary alicyclic amines) is 1. The van der Waals surface area contributed by atoms with Crippen molar-refractivity contribution in [1.82, 2.24) is 14.5 Å². The van der Waals surface area contributed by atoms with Crippen molar-refractivity contribution in [2.45, 2.75) is 25.1 Å². The molecule has 3 rings (SSSR count). The number of halogens is 4. The van der Waals surface area contributed by atoms with Crippen molar-refractivity contribution in [2.24, 2.45) is 0 Å². The van der Waals surface area contributed by atoms with Crippen LogP contribution in [0, 0.1) is 0 Å². The van der Waals surface area contributed by atoms with Crippen LogP contribution < -0.4 is 0 Å². The number of fused-ring (bicyclic) bond motifs is 1. The second-order valence-corrected chi connectivity index (χ2v) is 6.22. The molecule has 0 bridgehead atoms. The number of aromatic nitrogens is 2. The Labute approximate surface area is 128 Å². The van der Waals surface area contributed by atoms with Crippen molar-refractivity contribution in [3.8, 4) is 0 Å². The zero-order valence-electron chi connectivity index (χ0n) is 11.3. The summed E-state index contributed by atoms with van der Waals surface area (Å²) in [4.78, 5) is 5.67. The molecule has 1 aliphatic heterocycles. The van der Waals surface area contributed by atoms with Crippen LogP contribution in [0.2, 0.25) is 0 Å². The average Bonchev–Trinajstić information content (AvgIpc) is 2.81. The fraction of sp³-hybridized carbons (Fsp3) is 0.500. The molecule has 0 saturated carbocycles. The summed E-state index contributed by atoms with van der Waals surface area (Å²) in [6, 6.07) is 4.20. The van der Waals surface area contributed by atoms with Crippen molar-refractivity contribution in [2.75, 3.05) is 19.6 Å². The van der Waals surface area contributed by atoms with E-state index >= 15 is 0 Å². The fourth-order valence-electron chi connectivity index (χ4n) is 2.95. The van der Waals surface area contributed by atoms with Gasteiger partial charge in [-0.1, -0.05) is 0 Å². The second-order valence-electron chi connectivity index (χ2n) is 5.41. The van der Waals surface area contributed by atoms with Crippen LogP contribution in [-0.4, -0.2) is 40.3 Å². The van der Waals surface area contributed by atoms with E-state index in [2.05, 4.69) is 25.5 Å². The van der Waals surface area contributed by atoms with Crippen molar-refractivity contribution in [1.29, 1.82) is 0 Å². The van der Waals surface area contributed by atoms with Crippen LogP contribution in [0.4, 0.5) is 13.2 Å². The third-order valence-corrected chi connectivity index (χ3v) is 4.36. The lowest BCUT2D eigenvalue weighted by Crippen LogP contribution is -2.40. The summed E-state index contributed by atoms with van der Waals surface area (Å²) in [5, 5.41) is 1.05. The molecule has 0 aliphatic carbocycles. The molecule has 2 aromatic heterocycles. The lowest BCUT2D eigenvalue weighted by atomic mass is 10.0. The van der Waals surface area contributed by atoms with E-state index in [9.17, 15) is 13.2 Å². The quantitative estimate of drug-likeness (QED) is 0.753. The third kappa shape index (κ3) is 3.40. The van der Waals surface area contributed by atoms with Gasteiger partial charge in [-0.05, 0) is 40.9 Å². The molecule has 3 nitrogen and oxygen atoms in total. The van der Waals surface area contributed by atoms with E-state index < -0.39 is 12.7 Å². The molecule has 114 valence electrons. The largest absolute Gasteiger partial charge is 0.401 e. The highest BCUT2D eigenvalue weighted by Gasteiger charge is 2.32. The Morgan fingerprint density at radius 3 is 2.67 bits per heavy atom. The molecule has 3 heterocycles. The smallest absolute Gasteiger partial charge is 0.344 e. The minimum atomic E-state index is -4.11. The number of pyridine rings is 1. The molecule has 0 unspecified atom stereocenters. The minimum absolute atomic E-state index is 0.251. The number of nitrogens with zero attached hydrogens (tertiary/aromatic N) is 3. The molecule has 2 aromatic rings. The highest BCUT2D eigenvalue weighted by atomic mass is 79.9. The predicted octanol–water partition coefficient (Wildman–Crippen LogP) is 4.00. The fourth-order valence-corrected chi connectivity index (χ4v) is 3.27. The first-order valence-corrected chi connectivity index (χ1v) is 7.63. The van der Waals surface area contributed by atoms with Gasteiger partial charge in [0.05, 0.1) is 12.1 Å². The van der Waals surface area contributed by atoms with E-state index in [-0.39, 0.29) is 6.04 Å². The van der Waals surface area contributed by atoms with Gasteiger partial charge in [0, 0.05) is 36.9 Å².